The Morgan fingerprint density at radius 3 is 2.40 bits per heavy atom. The predicted octanol–water partition coefficient (Wildman–Crippen LogP) is 7.18. The minimum Gasteiger partial charge on any atom is -0.497 e. The zero-order valence-corrected chi connectivity index (χ0v) is 19.2. The second-order valence-electron chi connectivity index (χ2n) is 7.82. The number of furan rings is 1. The van der Waals surface area contributed by atoms with Crippen molar-refractivity contribution in [2.45, 2.75) is 13.1 Å². The third-order valence-corrected chi connectivity index (χ3v) is 5.53. The zero-order chi connectivity index (χ0) is 25.2. The molecule has 0 bridgehead atoms. The molecule has 4 rings (SSSR count). The van der Waals surface area contributed by atoms with Gasteiger partial charge in [0.1, 0.15) is 17.1 Å². The van der Waals surface area contributed by atoms with Gasteiger partial charge in [-0.25, -0.2) is 0 Å². The van der Waals surface area contributed by atoms with Gasteiger partial charge < -0.3 is 19.2 Å². The topological polar surface area (TPSA) is 60.7 Å². The maximum atomic E-state index is 13.0. The Kier molecular flexibility index (Phi) is 6.55. The summed E-state index contributed by atoms with van der Waals surface area (Å²) in [6, 6.07) is 15.6. The molecule has 0 aliphatic rings. The average Bonchev–Trinajstić information content (AvgIpc) is 3.25. The molecule has 0 atom stereocenters. The van der Waals surface area contributed by atoms with E-state index in [4.69, 9.17) is 13.9 Å². The number of amides is 1. The monoisotopic (exact) mass is 481 g/mol. The molecule has 0 fully saturated rings. The number of rotatable bonds is 6. The van der Waals surface area contributed by atoms with Crippen molar-refractivity contribution in [1.29, 1.82) is 0 Å². The van der Waals surface area contributed by atoms with E-state index in [2.05, 4.69) is 5.32 Å². The summed E-state index contributed by atoms with van der Waals surface area (Å²) in [6.07, 6.45) is -1.53. The molecule has 1 heterocycles. The lowest BCUT2D eigenvalue weighted by Crippen LogP contribution is -2.11. The molecule has 0 unspecified atom stereocenters. The van der Waals surface area contributed by atoms with Crippen LogP contribution < -0.4 is 14.8 Å². The Bertz CT molecular complexity index is 1400. The Morgan fingerprint density at radius 2 is 1.74 bits per heavy atom. The zero-order valence-electron chi connectivity index (χ0n) is 19.2. The van der Waals surface area contributed by atoms with Crippen molar-refractivity contribution in [2.24, 2.45) is 0 Å². The number of hydrogen-bond acceptors (Lipinski definition) is 4. The van der Waals surface area contributed by atoms with E-state index in [0.29, 0.717) is 22.5 Å². The first-order valence-electron chi connectivity index (χ1n) is 10.6. The summed E-state index contributed by atoms with van der Waals surface area (Å²) in [5, 5.41) is 3.30. The predicted molar refractivity (Wildman–Crippen MR) is 128 cm³/mol. The van der Waals surface area contributed by atoms with Crippen LogP contribution in [0.15, 0.2) is 77.4 Å². The van der Waals surface area contributed by atoms with Crippen molar-refractivity contribution in [2.75, 3.05) is 19.5 Å². The van der Waals surface area contributed by atoms with E-state index >= 15 is 0 Å². The number of alkyl halides is 3. The lowest BCUT2D eigenvalue weighted by Gasteiger charge is -2.11. The van der Waals surface area contributed by atoms with Crippen molar-refractivity contribution in [3.05, 3.63) is 84.1 Å². The summed E-state index contributed by atoms with van der Waals surface area (Å²) in [7, 11) is 3.10. The van der Waals surface area contributed by atoms with Gasteiger partial charge in [0, 0.05) is 34.3 Å². The first-order valence-corrected chi connectivity index (χ1v) is 10.6. The molecule has 0 saturated heterocycles. The van der Waals surface area contributed by atoms with E-state index in [1.54, 1.807) is 26.4 Å². The summed E-state index contributed by atoms with van der Waals surface area (Å²) in [5.74, 6) is 0.662. The van der Waals surface area contributed by atoms with Crippen molar-refractivity contribution in [3.8, 4) is 22.6 Å². The fourth-order valence-electron chi connectivity index (χ4n) is 3.75. The van der Waals surface area contributed by atoms with Crippen LogP contribution in [0, 0.1) is 0 Å². The van der Waals surface area contributed by atoms with Crippen molar-refractivity contribution >= 4 is 28.1 Å². The number of methoxy groups -OCH3 is 2. The van der Waals surface area contributed by atoms with Crippen molar-refractivity contribution in [1.82, 2.24) is 0 Å². The molecular weight excluding hydrogens is 459 g/mol. The molecule has 0 radical (unpaired) electrons. The number of allylic oxidation sites excluding steroid dienone is 1. The van der Waals surface area contributed by atoms with Gasteiger partial charge in [0.15, 0.2) is 0 Å². The van der Waals surface area contributed by atoms with Gasteiger partial charge in [-0.15, -0.1) is 0 Å². The molecule has 0 aliphatic heterocycles. The Labute approximate surface area is 199 Å². The lowest BCUT2D eigenvalue weighted by atomic mass is 9.99. The number of fused-ring (bicyclic) bond motifs is 1. The first-order chi connectivity index (χ1) is 16.7. The average molecular weight is 481 g/mol. The number of hydrogen-bond donors (Lipinski definition) is 1. The number of halogens is 3. The molecule has 0 saturated carbocycles. The van der Waals surface area contributed by atoms with Gasteiger partial charge in [0.05, 0.1) is 26.0 Å². The molecule has 35 heavy (non-hydrogen) atoms. The highest BCUT2D eigenvalue weighted by molar-refractivity contribution is 6.05. The summed E-state index contributed by atoms with van der Waals surface area (Å²) >= 11 is 0. The highest BCUT2D eigenvalue weighted by Gasteiger charge is 2.30. The van der Waals surface area contributed by atoms with E-state index in [1.807, 2.05) is 30.3 Å². The normalized spacial score (nSPS) is 12.0. The molecule has 1 amide bonds. The Morgan fingerprint density at radius 1 is 1.00 bits per heavy atom. The van der Waals surface area contributed by atoms with Gasteiger partial charge >= 0.3 is 6.18 Å². The molecule has 1 aromatic heterocycles. The van der Waals surface area contributed by atoms with Crippen LogP contribution in [0.3, 0.4) is 0 Å². The third-order valence-electron chi connectivity index (χ3n) is 5.53. The fourth-order valence-corrected chi connectivity index (χ4v) is 3.75. The van der Waals surface area contributed by atoms with Crippen LogP contribution in [0.4, 0.5) is 18.9 Å². The smallest absolute Gasteiger partial charge is 0.416 e. The molecular formula is C27H22F3NO4. The summed E-state index contributed by atoms with van der Waals surface area (Å²) < 4.78 is 55.3. The van der Waals surface area contributed by atoms with Gasteiger partial charge in [-0.2, -0.15) is 13.2 Å². The molecule has 0 spiro atoms. The van der Waals surface area contributed by atoms with Crippen LogP contribution in [0.5, 0.6) is 11.5 Å². The summed E-state index contributed by atoms with van der Waals surface area (Å²) in [4.78, 5) is 12.6. The van der Waals surface area contributed by atoms with Gasteiger partial charge in [0.25, 0.3) is 0 Å². The minimum absolute atomic E-state index is 0.0490. The fraction of sp³-hybridized carbons (Fsp3) is 0.148. The molecule has 1 N–H and O–H groups in total. The Hall–Kier alpha value is -4.20. The van der Waals surface area contributed by atoms with E-state index in [9.17, 15) is 18.0 Å². The SMILES string of the molecule is COc1ccc(-c2coc3cc(OC)c(/C(C)=C/C(=O)Nc4cccc(C(F)(F)F)c4)cc23)cc1. The maximum absolute atomic E-state index is 13.0. The number of carbonyl (C=O) groups excluding carboxylic acids is 1. The highest BCUT2D eigenvalue weighted by Crippen LogP contribution is 2.38. The van der Waals surface area contributed by atoms with Crippen molar-refractivity contribution < 1.29 is 31.9 Å². The quantitative estimate of drug-likeness (QED) is 0.297. The molecule has 8 heteroatoms. The van der Waals surface area contributed by atoms with E-state index in [-0.39, 0.29) is 5.69 Å². The lowest BCUT2D eigenvalue weighted by molar-refractivity contribution is -0.137. The Balaban J connectivity index is 1.66. The molecule has 0 aliphatic carbocycles. The van der Waals surface area contributed by atoms with E-state index in [1.165, 1.54) is 25.3 Å². The minimum atomic E-state index is -4.50. The highest BCUT2D eigenvalue weighted by atomic mass is 19.4. The molecule has 4 aromatic rings. The van der Waals surface area contributed by atoms with Gasteiger partial charge in [-0.3, -0.25) is 4.79 Å². The molecule has 5 nitrogen and oxygen atoms in total. The van der Waals surface area contributed by atoms with Crippen molar-refractivity contribution in [3.63, 3.8) is 0 Å². The maximum Gasteiger partial charge on any atom is 0.416 e. The van der Waals surface area contributed by atoms with Gasteiger partial charge in [-0.1, -0.05) is 18.2 Å². The molecule has 180 valence electrons. The largest absolute Gasteiger partial charge is 0.497 e. The number of nitrogens with one attached hydrogen (secondary N) is 1. The number of ether oxygens (including phenoxy) is 2. The number of benzene rings is 3. The standard InChI is InChI=1S/C27H22F3NO4/c1-16(11-26(32)31-19-6-4-5-18(12-19)27(28,29)30)21-13-22-23(15-35-25(22)14-24(21)34-3)17-7-9-20(33-2)10-8-17/h4-15H,1-3H3,(H,31,32)/b16-11+. The number of anilines is 1. The van der Waals surface area contributed by atoms with Crippen LogP contribution >= 0.6 is 0 Å². The van der Waals surface area contributed by atoms with Crippen LogP contribution in [-0.2, 0) is 11.0 Å². The van der Waals surface area contributed by atoms with Gasteiger partial charge in [0.2, 0.25) is 5.91 Å². The second-order valence-corrected chi connectivity index (χ2v) is 7.82. The van der Waals surface area contributed by atoms with Crippen LogP contribution in [0.2, 0.25) is 0 Å². The second kappa shape index (κ2) is 9.58. The first kappa shape index (κ1) is 23.9. The summed E-state index contributed by atoms with van der Waals surface area (Å²) in [6.45, 7) is 1.72. The summed E-state index contributed by atoms with van der Waals surface area (Å²) in [5.41, 5.74) is 2.81. The van der Waals surface area contributed by atoms with Gasteiger partial charge in [-0.05, 0) is 54.5 Å². The van der Waals surface area contributed by atoms with E-state index < -0.39 is 17.6 Å². The third kappa shape index (κ3) is 5.16. The number of carbonyl (C=O) groups is 1. The van der Waals surface area contributed by atoms with Crippen LogP contribution in [-0.4, -0.2) is 20.1 Å². The van der Waals surface area contributed by atoms with Crippen LogP contribution in [0.1, 0.15) is 18.1 Å². The van der Waals surface area contributed by atoms with E-state index in [0.717, 1.165) is 34.4 Å². The molecule has 3 aromatic carbocycles. The van der Waals surface area contributed by atoms with Crippen LogP contribution in [0.25, 0.3) is 27.7 Å².